The number of hydrogen-bond donors (Lipinski definition) is 1. The Balaban J connectivity index is 2.80. The van der Waals surface area contributed by atoms with Gasteiger partial charge in [0, 0.05) is 18.7 Å². The molecule has 1 aromatic rings. The van der Waals surface area contributed by atoms with Gasteiger partial charge in [0.25, 0.3) is 0 Å². The molecule has 0 aliphatic rings. The summed E-state index contributed by atoms with van der Waals surface area (Å²) in [5, 5.41) is 0. The summed E-state index contributed by atoms with van der Waals surface area (Å²) in [5.74, 6) is 0.205. The zero-order chi connectivity index (χ0) is 13.4. The van der Waals surface area contributed by atoms with Crippen molar-refractivity contribution in [2.45, 2.75) is 39.5 Å². The summed E-state index contributed by atoms with van der Waals surface area (Å²) in [7, 11) is 0. The number of anilines is 1. The minimum atomic E-state index is 0.205. The van der Waals surface area contributed by atoms with E-state index in [9.17, 15) is 4.79 Å². The van der Waals surface area contributed by atoms with Crippen LogP contribution in [-0.4, -0.2) is 19.0 Å². The topological polar surface area (TPSA) is 46.3 Å². The van der Waals surface area contributed by atoms with Crippen molar-refractivity contribution in [2.24, 2.45) is 5.73 Å². The molecule has 0 aromatic heterocycles. The van der Waals surface area contributed by atoms with Crippen LogP contribution in [-0.2, 0) is 4.79 Å². The Bertz CT molecular complexity index is 377. The van der Waals surface area contributed by atoms with Gasteiger partial charge in [0.05, 0.1) is 0 Å². The molecule has 3 heteroatoms. The van der Waals surface area contributed by atoms with Crippen molar-refractivity contribution in [1.82, 2.24) is 0 Å². The second-order valence-electron chi connectivity index (χ2n) is 4.63. The van der Waals surface area contributed by atoms with Crippen molar-refractivity contribution >= 4 is 11.6 Å². The second-order valence-corrected chi connectivity index (χ2v) is 4.63. The summed E-state index contributed by atoms with van der Waals surface area (Å²) >= 11 is 0. The lowest BCUT2D eigenvalue weighted by molar-refractivity contribution is -0.118. The fourth-order valence-electron chi connectivity index (χ4n) is 1.91. The van der Waals surface area contributed by atoms with E-state index >= 15 is 0 Å². The zero-order valence-electron chi connectivity index (χ0n) is 11.5. The lowest BCUT2D eigenvalue weighted by Gasteiger charge is -2.23. The van der Waals surface area contributed by atoms with E-state index in [-0.39, 0.29) is 5.91 Å². The van der Waals surface area contributed by atoms with E-state index in [1.807, 2.05) is 30.0 Å². The lowest BCUT2D eigenvalue weighted by atomic mass is 10.1. The van der Waals surface area contributed by atoms with Crippen LogP contribution in [0, 0.1) is 6.92 Å². The lowest BCUT2D eigenvalue weighted by Crippen LogP contribution is -2.32. The molecule has 0 saturated carbocycles. The van der Waals surface area contributed by atoms with Crippen LogP contribution in [0.15, 0.2) is 24.3 Å². The molecule has 18 heavy (non-hydrogen) atoms. The average molecular weight is 248 g/mol. The van der Waals surface area contributed by atoms with Gasteiger partial charge in [-0.25, -0.2) is 0 Å². The van der Waals surface area contributed by atoms with Crippen LogP contribution in [0.5, 0.6) is 0 Å². The summed E-state index contributed by atoms with van der Waals surface area (Å²) in [6.07, 6.45) is 3.45. The summed E-state index contributed by atoms with van der Waals surface area (Å²) in [4.78, 5) is 14.1. The third-order valence-corrected chi connectivity index (χ3v) is 2.94. The molecule has 0 radical (unpaired) electrons. The minimum absolute atomic E-state index is 0.205. The van der Waals surface area contributed by atoms with E-state index in [4.69, 9.17) is 5.73 Å². The maximum Gasteiger partial charge on any atom is 0.226 e. The molecule has 0 saturated heterocycles. The number of amides is 1. The Morgan fingerprint density at radius 1 is 1.33 bits per heavy atom. The van der Waals surface area contributed by atoms with Gasteiger partial charge in [0.2, 0.25) is 5.91 Å². The highest BCUT2D eigenvalue weighted by Crippen LogP contribution is 2.18. The molecular weight excluding hydrogens is 224 g/mol. The molecule has 3 nitrogen and oxygen atoms in total. The monoisotopic (exact) mass is 248 g/mol. The molecule has 0 aliphatic heterocycles. The first-order chi connectivity index (χ1) is 8.69. The number of nitrogens with zero attached hydrogens (tertiary/aromatic N) is 1. The first kappa shape index (κ1) is 14.7. The van der Waals surface area contributed by atoms with Crippen molar-refractivity contribution in [3.8, 4) is 0 Å². The fourth-order valence-corrected chi connectivity index (χ4v) is 1.91. The van der Waals surface area contributed by atoms with Crippen molar-refractivity contribution < 1.29 is 4.79 Å². The molecule has 0 bridgehead atoms. The third-order valence-electron chi connectivity index (χ3n) is 2.94. The summed E-state index contributed by atoms with van der Waals surface area (Å²) < 4.78 is 0. The number of benzene rings is 1. The molecule has 0 aliphatic carbocycles. The molecule has 0 heterocycles. The van der Waals surface area contributed by atoms with Crippen molar-refractivity contribution in [1.29, 1.82) is 0 Å². The summed E-state index contributed by atoms with van der Waals surface area (Å²) in [5.41, 5.74) is 7.71. The highest BCUT2D eigenvalue weighted by Gasteiger charge is 2.14. The van der Waals surface area contributed by atoms with E-state index in [1.54, 1.807) is 0 Å². The van der Waals surface area contributed by atoms with Crippen molar-refractivity contribution in [3.05, 3.63) is 29.8 Å². The van der Waals surface area contributed by atoms with Gasteiger partial charge in [-0.2, -0.15) is 0 Å². The Hall–Kier alpha value is -1.35. The van der Waals surface area contributed by atoms with Crippen LogP contribution in [0.2, 0.25) is 0 Å². The van der Waals surface area contributed by atoms with Crippen molar-refractivity contribution in [3.63, 3.8) is 0 Å². The third kappa shape index (κ3) is 4.49. The SMILES string of the molecule is CCCCC(=O)N(CCCN)c1cccc(C)c1. The minimum Gasteiger partial charge on any atom is -0.330 e. The van der Waals surface area contributed by atoms with E-state index in [1.165, 1.54) is 5.56 Å². The fraction of sp³-hybridized carbons (Fsp3) is 0.533. The van der Waals surface area contributed by atoms with E-state index < -0.39 is 0 Å². The van der Waals surface area contributed by atoms with Gasteiger partial charge in [0.1, 0.15) is 0 Å². The predicted molar refractivity (Wildman–Crippen MR) is 76.7 cm³/mol. The van der Waals surface area contributed by atoms with Crippen LogP contribution in [0.25, 0.3) is 0 Å². The standard InChI is InChI=1S/C15H24N2O/c1-3-4-9-15(18)17(11-6-10-16)14-8-5-7-13(2)12-14/h5,7-8,12H,3-4,6,9-11,16H2,1-2H3. The largest absolute Gasteiger partial charge is 0.330 e. The van der Waals surface area contributed by atoms with Gasteiger partial charge in [-0.3, -0.25) is 4.79 Å². The Morgan fingerprint density at radius 2 is 2.11 bits per heavy atom. The summed E-state index contributed by atoms with van der Waals surface area (Å²) in [6, 6.07) is 8.09. The Labute approximate surface area is 110 Å². The highest BCUT2D eigenvalue weighted by atomic mass is 16.2. The maximum atomic E-state index is 12.2. The number of carbonyl (C=O) groups excluding carboxylic acids is 1. The number of carbonyl (C=O) groups is 1. The molecule has 1 aromatic carbocycles. The van der Waals surface area contributed by atoms with Crippen LogP contribution >= 0.6 is 0 Å². The van der Waals surface area contributed by atoms with Gasteiger partial charge in [-0.05, 0) is 44.0 Å². The Kier molecular flexibility index (Phi) is 6.44. The average Bonchev–Trinajstić information content (AvgIpc) is 2.37. The smallest absolute Gasteiger partial charge is 0.226 e. The molecule has 0 fully saturated rings. The predicted octanol–water partition coefficient (Wildman–Crippen LogP) is 2.87. The molecule has 0 atom stereocenters. The first-order valence-corrected chi connectivity index (χ1v) is 6.76. The second kappa shape index (κ2) is 7.88. The molecular formula is C15H24N2O. The van der Waals surface area contributed by atoms with Crippen LogP contribution in [0.4, 0.5) is 5.69 Å². The zero-order valence-corrected chi connectivity index (χ0v) is 11.5. The molecule has 0 unspecified atom stereocenters. The Morgan fingerprint density at radius 3 is 2.72 bits per heavy atom. The number of aryl methyl sites for hydroxylation is 1. The molecule has 100 valence electrons. The molecule has 1 rings (SSSR count). The number of hydrogen-bond acceptors (Lipinski definition) is 2. The normalized spacial score (nSPS) is 10.4. The van der Waals surface area contributed by atoms with E-state index in [2.05, 4.69) is 13.0 Å². The van der Waals surface area contributed by atoms with Gasteiger partial charge >= 0.3 is 0 Å². The number of nitrogens with two attached hydrogens (primary N) is 1. The number of unbranched alkanes of at least 4 members (excludes halogenated alkanes) is 1. The molecule has 2 N–H and O–H groups in total. The number of rotatable bonds is 7. The van der Waals surface area contributed by atoms with Gasteiger partial charge in [-0.1, -0.05) is 25.5 Å². The maximum absolute atomic E-state index is 12.2. The summed E-state index contributed by atoms with van der Waals surface area (Å²) in [6.45, 7) is 5.47. The van der Waals surface area contributed by atoms with Gasteiger partial charge < -0.3 is 10.6 Å². The van der Waals surface area contributed by atoms with Crippen LogP contribution in [0.1, 0.15) is 38.2 Å². The highest BCUT2D eigenvalue weighted by molar-refractivity contribution is 5.93. The van der Waals surface area contributed by atoms with E-state index in [0.29, 0.717) is 19.5 Å². The van der Waals surface area contributed by atoms with Crippen LogP contribution in [0.3, 0.4) is 0 Å². The van der Waals surface area contributed by atoms with Gasteiger partial charge in [-0.15, -0.1) is 0 Å². The van der Waals surface area contributed by atoms with Gasteiger partial charge in [0.15, 0.2) is 0 Å². The van der Waals surface area contributed by atoms with E-state index in [0.717, 1.165) is 24.9 Å². The first-order valence-electron chi connectivity index (χ1n) is 6.76. The molecule has 0 spiro atoms. The molecule has 1 amide bonds. The quantitative estimate of drug-likeness (QED) is 0.806. The van der Waals surface area contributed by atoms with Crippen LogP contribution < -0.4 is 10.6 Å². The van der Waals surface area contributed by atoms with Crippen molar-refractivity contribution in [2.75, 3.05) is 18.0 Å².